The van der Waals surface area contributed by atoms with Crippen molar-refractivity contribution in [3.63, 3.8) is 0 Å². The van der Waals surface area contributed by atoms with Crippen molar-refractivity contribution >= 4 is 33.7 Å². The van der Waals surface area contributed by atoms with Crippen molar-refractivity contribution in [3.8, 4) is 0 Å². The van der Waals surface area contributed by atoms with E-state index in [1.807, 2.05) is 0 Å². The molecule has 4 aliphatic carbocycles. The third-order valence-electron chi connectivity index (χ3n) is 12.5. The third kappa shape index (κ3) is 1.97. The maximum atomic E-state index is 2.82. The Bertz CT molecular complexity index is 1740. The van der Waals surface area contributed by atoms with Gasteiger partial charge < -0.3 is 0 Å². The Kier molecular flexibility index (Phi) is 3.89. The second kappa shape index (κ2) is 6.55. The second-order valence-electron chi connectivity index (χ2n) is 14.1. The van der Waals surface area contributed by atoms with Crippen molar-refractivity contribution in [1.29, 1.82) is 0 Å². The molecule has 2 atom stereocenters. The molecule has 2 spiro atoms. The Balaban J connectivity index is 1.36. The van der Waals surface area contributed by atoms with Gasteiger partial charge >= 0.3 is 232 Å². The van der Waals surface area contributed by atoms with Crippen molar-refractivity contribution in [2.75, 3.05) is 0 Å². The standard InChI is InChI=1S/C35H30.2CH3.Zr/c1-19-15-27-25-9-5-7-21-11-13-23(31(21)25)17-29(27)33(19)35(3,4)34-20(2)16-28-26-10-6-8-22-12-14-24(32(22)26)18-30(28)34;;;/h5-10,15-18H,11-14H2,1-4H3;2*1H3;. The van der Waals surface area contributed by atoms with Crippen LogP contribution in [0.4, 0.5) is 0 Å². The molecule has 188 valence electrons. The van der Waals surface area contributed by atoms with Gasteiger partial charge in [0.15, 0.2) is 0 Å². The van der Waals surface area contributed by atoms with Crippen LogP contribution >= 0.6 is 0 Å². The van der Waals surface area contributed by atoms with Crippen LogP contribution < -0.4 is 0 Å². The van der Waals surface area contributed by atoms with Gasteiger partial charge in [0.05, 0.1) is 0 Å². The average Bonchev–Trinajstić information content (AvgIpc) is 3.63. The molecule has 1 fully saturated rings. The Morgan fingerprint density at radius 3 is 1.45 bits per heavy atom. The van der Waals surface area contributed by atoms with Gasteiger partial charge in [-0.25, -0.2) is 0 Å². The van der Waals surface area contributed by atoms with E-state index in [-0.39, 0.29) is 11.7 Å². The van der Waals surface area contributed by atoms with Gasteiger partial charge in [-0.15, -0.1) is 0 Å². The molecule has 0 aromatic heterocycles. The minimum atomic E-state index is -3.04. The van der Waals surface area contributed by atoms with Gasteiger partial charge in [0.25, 0.3) is 0 Å². The summed E-state index contributed by atoms with van der Waals surface area (Å²) in [5.74, 6) is 0. The molecule has 0 radical (unpaired) electrons. The van der Waals surface area contributed by atoms with Crippen LogP contribution in [-0.4, -0.2) is 0 Å². The zero-order valence-electron chi connectivity index (χ0n) is 23.6. The van der Waals surface area contributed by atoms with Crippen molar-refractivity contribution in [2.45, 2.75) is 68.9 Å². The van der Waals surface area contributed by atoms with Crippen LogP contribution in [0, 0.1) is 5.41 Å². The topological polar surface area (TPSA) is 0 Å². The number of hydrogen-bond donors (Lipinski definition) is 0. The zero-order chi connectivity index (χ0) is 26.0. The molecule has 0 N–H and O–H groups in total. The molecule has 1 heterocycles. The molecule has 0 bridgehead atoms. The molecule has 4 aromatic carbocycles. The molecule has 9 rings (SSSR count). The predicted molar refractivity (Wildman–Crippen MR) is 159 cm³/mol. The quantitative estimate of drug-likeness (QED) is 0.197. The molecule has 0 amide bonds. The van der Waals surface area contributed by atoms with Crippen LogP contribution in [0.25, 0.3) is 33.7 Å². The van der Waals surface area contributed by atoms with Gasteiger partial charge in [-0.2, -0.15) is 0 Å². The summed E-state index contributed by atoms with van der Waals surface area (Å²) < 4.78 is 6.07. The molecule has 1 aliphatic heterocycles. The summed E-state index contributed by atoms with van der Waals surface area (Å²) in [7, 11) is 0. The second-order valence-corrected chi connectivity index (χ2v) is 25.8. The molecule has 2 unspecified atom stereocenters. The van der Waals surface area contributed by atoms with E-state index >= 15 is 0 Å². The van der Waals surface area contributed by atoms with E-state index in [0.717, 1.165) is 0 Å². The van der Waals surface area contributed by atoms with Crippen molar-refractivity contribution < 1.29 is 20.3 Å². The van der Waals surface area contributed by atoms with E-state index in [9.17, 15) is 0 Å². The molecule has 4 aromatic rings. The molecular weight excluding hydrogens is 536 g/mol. The number of rotatable bonds is 0. The van der Waals surface area contributed by atoms with Crippen LogP contribution in [0.2, 0.25) is 9.26 Å². The molecule has 38 heavy (non-hydrogen) atoms. The summed E-state index contributed by atoms with van der Waals surface area (Å²) in [5, 5.41) is 6.18. The zero-order valence-corrected chi connectivity index (χ0v) is 26.1. The number of benzene rings is 4. The molecular formula is C37H36Zr. The Labute approximate surface area is 231 Å². The predicted octanol–water partition coefficient (Wildman–Crippen LogP) is 9.40. The van der Waals surface area contributed by atoms with Gasteiger partial charge in [-0.05, 0) is 0 Å². The molecule has 0 saturated carbocycles. The monoisotopic (exact) mass is 570 g/mol. The fraction of sp³-hybridized carbons (Fsp3) is 0.351. The SMILES string of the molecule is CC1=Cc2c(cc3c4c(cccc24)CC3)[C]12C(C)(C)[C]1(C(C)=Cc3c1cc1c4c(cccc34)CC1)[Zr]2([CH3])[CH3]. The number of hydrogen-bond acceptors (Lipinski definition) is 0. The number of fused-ring (bicyclic) bond motifs is 6. The number of aryl methyl sites for hydroxylation is 4. The molecule has 1 heteroatoms. The van der Waals surface area contributed by atoms with Gasteiger partial charge in [0.2, 0.25) is 0 Å². The van der Waals surface area contributed by atoms with Gasteiger partial charge in [-0.1, -0.05) is 0 Å². The van der Waals surface area contributed by atoms with Gasteiger partial charge in [0, 0.05) is 0 Å². The summed E-state index contributed by atoms with van der Waals surface area (Å²) in [4.78, 5) is 0. The first kappa shape index (κ1) is 22.6. The van der Waals surface area contributed by atoms with E-state index in [2.05, 4.69) is 97.6 Å². The van der Waals surface area contributed by atoms with Crippen LogP contribution in [0.3, 0.4) is 0 Å². The van der Waals surface area contributed by atoms with E-state index in [0.29, 0.717) is 0 Å². The van der Waals surface area contributed by atoms with Crippen LogP contribution in [0.15, 0.2) is 59.7 Å². The maximum absolute atomic E-state index is 3.04. The Morgan fingerprint density at radius 1 is 0.605 bits per heavy atom. The molecule has 5 aliphatic rings. The summed E-state index contributed by atoms with van der Waals surface area (Å²) in [6.45, 7) is 10.3. The first-order valence-electron chi connectivity index (χ1n) is 14.7. The normalized spacial score (nSPS) is 28.3. The summed E-state index contributed by atoms with van der Waals surface area (Å²) in [6.07, 6.45) is 10.1. The Morgan fingerprint density at radius 2 is 1.03 bits per heavy atom. The fourth-order valence-corrected chi connectivity index (χ4v) is 31.1. The minimum absolute atomic E-state index is 0.129. The van der Waals surface area contributed by atoms with Crippen molar-refractivity contribution in [1.82, 2.24) is 0 Å². The third-order valence-corrected chi connectivity index (χ3v) is 28.1. The van der Waals surface area contributed by atoms with Gasteiger partial charge in [0.1, 0.15) is 0 Å². The first-order valence-corrected chi connectivity index (χ1v) is 22.1. The van der Waals surface area contributed by atoms with E-state index in [1.165, 1.54) is 36.5 Å². The van der Waals surface area contributed by atoms with E-state index in [4.69, 9.17) is 0 Å². The molecule has 1 saturated heterocycles. The van der Waals surface area contributed by atoms with Crippen LogP contribution in [0.1, 0.15) is 72.2 Å². The van der Waals surface area contributed by atoms with Crippen LogP contribution in [0.5, 0.6) is 0 Å². The average molecular weight is 572 g/mol. The first-order chi connectivity index (χ1) is 18.2. The fourth-order valence-electron chi connectivity index (χ4n) is 12.1. The molecule has 0 nitrogen and oxygen atoms in total. The van der Waals surface area contributed by atoms with Crippen molar-refractivity contribution in [3.05, 3.63) is 104 Å². The number of allylic oxidation sites excluding steroid dienone is 2. The van der Waals surface area contributed by atoms with Crippen molar-refractivity contribution in [2.24, 2.45) is 5.41 Å². The van der Waals surface area contributed by atoms with Crippen LogP contribution in [-0.2, 0) is 52.2 Å². The summed E-state index contributed by atoms with van der Waals surface area (Å²) in [6, 6.07) is 19.6. The summed E-state index contributed by atoms with van der Waals surface area (Å²) >= 11 is -3.04. The summed E-state index contributed by atoms with van der Waals surface area (Å²) in [5.41, 5.74) is 16.3. The van der Waals surface area contributed by atoms with E-state index in [1.54, 1.807) is 66.4 Å². The van der Waals surface area contributed by atoms with E-state index < -0.39 is 20.3 Å². The Hall–Kier alpha value is -2.24. The van der Waals surface area contributed by atoms with Gasteiger partial charge in [-0.3, -0.25) is 0 Å².